The van der Waals surface area contributed by atoms with Gasteiger partial charge in [0, 0.05) is 6.54 Å². The first-order valence-electron chi connectivity index (χ1n) is 5.23. The lowest BCUT2D eigenvalue weighted by atomic mass is 10.2. The Kier molecular flexibility index (Phi) is 5.93. The predicted octanol–water partition coefficient (Wildman–Crippen LogP) is 2.01. The molecule has 0 unspecified atom stereocenters. The largest absolute Gasteiger partial charge is 0.508 e. The van der Waals surface area contributed by atoms with Crippen LogP contribution in [-0.2, 0) is 14.3 Å². The van der Waals surface area contributed by atoms with Crippen LogP contribution in [0.2, 0.25) is 0 Å². The van der Waals surface area contributed by atoms with E-state index in [1.54, 1.807) is 26.1 Å². The van der Waals surface area contributed by atoms with Gasteiger partial charge >= 0.3 is 18.2 Å². The average molecular weight is 271 g/mol. The Morgan fingerprint density at radius 3 is 2.17 bits per heavy atom. The topological polar surface area (TPSA) is 64.6 Å². The number of ether oxygens (including phenoxy) is 2. The standard InChI is InChI=1S/C10H16F3NO4/c1-9(2,3)18-8(16)17-6-4-5-14-7(15)10(11,12)13/h4-6H2,1-3H3,(H,14,15). The number of nitrogens with one attached hydrogen (secondary N) is 1. The number of rotatable bonds is 4. The molecule has 8 heteroatoms. The summed E-state index contributed by atoms with van der Waals surface area (Å²) in [6.07, 6.45) is -5.72. The normalized spacial score (nSPS) is 11.9. The zero-order valence-electron chi connectivity index (χ0n) is 10.4. The molecule has 0 radical (unpaired) electrons. The first kappa shape index (κ1) is 16.5. The van der Waals surface area contributed by atoms with Crippen LogP contribution in [0.15, 0.2) is 0 Å². The lowest BCUT2D eigenvalue weighted by Gasteiger charge is -2.18. The number of hydrogen-bond acceptors (Lipinski definition) is 4. The SMILES string of the molecule is CC(C)(C)OC(=O)OCCCNC(=O)C(F)(F)F. The summed E-state index contributed by atoms with van der Waals surface area (Å²) < 4.78 is 44.6. The summed E-state index contributed by atoms with van der Waals surface area (Å²) in [5, 5.41) is 1.65. The molecule has 0 heterocycles. The molecule has 5 nitrogen and oxygen atoms in total. The third-order valence-corrected chi connectivity index (χ3v) is 1.47. The molecule has 0 rings (SSSR count). The summed E-state index contributed by atoms with van der Waals surface area (Å²) in [4.78, 5) is 21.4. The van der Waals surface area contributed by atoms with Crippen molar-refractivity contribution in [1.82, 2.24) is 5.32 Å². The van der Waals surface area contributed by atoms with E-state index in [0.29, 0.717) is 0 Å². The molecule has 0 saturated carbocycles. The van der Waals surface area contributed by atoms with Gasteiger partial charge < -0.3 is 14.8 Å². The van der Waals surface area contributed by atoms with Crippen LogP contribution in [0.25, 0.3) is 0 Å². The maximum absolute atomic E-state index is 11.8. The second-order valence-electron chi connectivity index (χ2n) is 4.42. The van der Waals surface area contributed by atoms with Crippen molar-refractivity contribution in [2.24, 2.45) is 0 Å². The first-order chi connectivity index (χ1) is 8.02. The van der Waals surface area contributed by atoms with Gasteiger partial charge in [-0.3, -0.25) is 4.79 Å². The first-order valence-corrected chi connectivity index (χ1v) is 5.23. The lowest BCUT2D eigenvalue weighted by Crippen LogP contribution is -2.37. The van der Waals surface area contributed by atoms with Crippen LogP contribution in [0.1, 0.15) is 27.2 Å². The highest BCUT2D eigenvalue weighted by Gasteiger charge is 2.38. The van der Waals surface area contributed by atoms with Crippen LogP contribution in [0.5, 0.6) is 0 Å². The molecular weight excluding hydrogens is 255 g/mol. The van der Waals surface area contributed by atoms with Gasteiger partial charge in [-0.05, 0) is 27.2 Å². The maximum atomic E-state index is 11.8. The fourth-order valence-electron chi connectivity index (χ4n) is 0.809. The molecule has 0 aliphatic heterocycles. The molecule has 0 spiro atoms. The summed E-state index contributed by atoms with van der Waals surface area (Å²) in [5.41, 5.74) is -0.693. The highest BCUT2D eigenvalue weighted by Crippen LogP contribution is 2.13. The number of carbonyl (C=O) groups excluding carboxylic acids is 2. The van der Waals surface area contributed by atoms with Gasteiger partial charge in [0.15, 0.2) is 0 Å². The van der Waals surface area contributed by atoms with E-state index in [1.165, 1.54) is 0 Å². The van der Waals surface area contributed by atoms with Crippen LogP contribution in [0, 0.1) is 0 Å². The zero-order valence-corrected chi connectivity index (χ0v) is 10.4. The van der Waals surface area contributed by atoms with Crippen molar-refractivity contribution >= 4 is 12.1 Å². The number of alkyl halides is 3. The van der Waals surface area contributed by atoms with Gasteiger partial charge in [0.2, 0.25) is 0 Å². The minimum Gasteiger partial charge on any atom is -0.434 e. The van der Waals surface area contributed by atoms with Gasteiger partial charge in [-0.1, -0.05) is 0 Å². The Bertz CT molecular complexity index is 296. The molecule has 0 aliphatic carbocycles. The van der Waals surface area contributed by atoms with E-state index in [-0.39, 0.29) is 19.6 Å². The van der Waals surface area contributed by atoms with Crippen LogP contribution in [-0.4, -0.2) is 37.0 Å². The molecule has 0 aromatic heterocycles. The molecule has 1 amide bonds. The predicted molar refractivity (Wildman–Crippen MR) is 55.9 cm³/mol. The Balaban J connectivity index is 3.64. The van der Waals surface area contributed by atoms with Crippen LogP contribution in [0.3, 0.4) is 0 Å². The van der Waals surface area contributed by atoms with E-state index in [9.17, 15) is 22.8 Å². The van der Waals surface area contributed by atoms with Crippen molar-refractivity contribution in [3.63, 3.8) is 0 Å². The second kappa shape index (κ2) is 6.46. The summed E-state index contributed by atoms with van der Waals surface area (Å²) in [5.74, 6) is -2.01. The fraction of sp³-hybridized carbons (Fsp3) is 0.800. The van der Waals surface area contributed by atoms with Gasteiger partial charge in [0.25, 0.3) is 0 Å². The third kappa shape index (κ3) is 8.66. The van der Waals surface area contributed by atoms with Crippen molar-refractivity contribution < 1.29 is 32.2 Å². The van der Waals surface area contributed by atoms with Crippen molar-refractivity contribution in [3.8, 4) is 0 Å². The van der Waals surface area contributed by atoms with Crippen molar-refractivity contribution in [2.45, 2.75) is 39.0 Å². The Morgan fingerprint density at radius 1 is 1.17 bits per heavy atom. The molecule has 106 valence electrons. The Morgan fingerprint density at radius 2 is 1.72 bits per heavy atom. The van der Waals surface area contributed by atoms with E-state index in [1.807, 2.05) is 0 Å². The molecule has 0 aromatic carbocycles. The maximum Gasteiger partial charge on any atom is 0.508 e. The zero-order chi connectivity index (χ0) is 14.4. The molecule has 1 N–H and O–H groups in total. The molecule has 0 atom stereocenters. The van der Waals surface area contributed by atoms with Crippen LogP contribution < -0.4 is 5.32 Å². The van der Waals surface area contributed by atoms with Crippen molar-refractivity contribution in [1.29, 1.82) is 0 Å². The number of carbonyl (C=O) groups is 2. The van der Waals surface area contributed by atoms with Crippen molar-refractivity contribution in [2.75, 3.05) is 13.2 Å². The molecule has 0 fully saturated rings. The smallest absolute Gasteiger partial charge is 0.434 e. The van der Waals surface area contributed by atoms with Crippen molar-refractivity contribution in [3.05, 3.63) is 0 Å². The summed E-state index contributed by atoms with van der Waals surface area (Å²) in [6, 6.07) is 0. The molecule has 0 aromatic rings. The van der Waals surface area contributed by atoms with E-state index >= 15 is 0 Å². The van der Waals surface area contributed by atoms with E-state index in [2.05, 4.69) is 4.74 Å². The van der Waals surface area contributed by atoms with Crippen LogP contribution >= 0.6 is 0 Å². The quantitative estimate of drug-likeness (QED) is 0.627. The summed E-state index contributed by atoms with van der Waals surface area (Å²) in [7, 11) is 0. The minimum absolute atomic E-state index is 0.0705. The van der Waals surface area contributed by atoms with E-state index in [4.69, 9.17) is 4.74 Å². The van der Waals surface area contributed by atoms with Gasteiger partial charge in [-0.2, -0.15) is 13.2 Å². The summed E-state index contributed by atoms with van der Waals surface area (Å²) in [6.45, 7) is 4.58. The lowest BCUT2D eigenvalue weighted by molar-refractivity contribution is -0.173. The van der Waals surface area contributed by atoms with E-state index in [0.717, 1.165) is 0 Å². The second-order valence-corrected chi connectivity index (χ2v) is 4.42. The number of halogens is 3. The van der Waals surface area contributed by atoms with Crippen LogP contribution in [0.4, 0.5) is 18.0 Å². The molecule has 0 saturated heterocycles. The highest BCUT2D eigenvalue weighted by molar-refractivity contribution is 5.81. The number of hydrogen-bond donors (Lipinski definition) is 1. The fourth-order valence-corrected chi connectivity index (χ4v) is 0.809. The molecular formula is C10H16F3NO4. The minimum atomic E-state index is -4.90. The van der Waals surface area contributed by atoms with Gasteiger partial charge in [-0.15, -0.1) is 0 Å². The summed E-state index contributed by atoms with van der Waals surface area (Å²) >= 11 is 0. The van der Waals surface area contributed by atoms with Gasteiger partial charge in [0.1, 0.15) is 5.60 Å². The Hall–Kier alpha value is -1.47. The van der Waals surface area contributed by atoms with Gasteiger partial charge in [-0.25, -0.2) is 4.79 Å². The monoisotopic (exact) mass is 271 g/mol. The number of amides is 1. The van der Waals surface area contributed by atoms with Gasteiger partial charge in [0.05, 0.1) is 6.61 Å². The Labute approximate surface area is 103 Å². The molecule has 0 aliphatic rings. The van der Waals surface area contributed by atoms with E-state index < -0.39 is 23.8 Å². The average Bonchev–Trinajstić information content (AvgIpc) is 2.12. The molecule has 0 bridgehead atoms. The third-order valence-electron chi connectivity index (χ3n) is 1.47. The highest BCUT2D eigenvalue weighted by atomic mass is 19.4. The molecule has 18 heavy (non-hydrogen) atoms.